The van der Waals surface area contributed by atoms with Gasteiger partial charge in [-0.25, -0.2) is 4.21 Å². The molecule has 54 heavy (non-hydrogen) atoms. The van der Waals surface area contributed by atoms with Crippen molar-refractivity contribution >= 4 is 39.0 Å². The highest BCUT2D eigenvalue weighted by Gasteiger charge is 2.45. The van der Waals surface area contributed by atoms with Crippen LogP contribution in [0.5, 0.6) is 11.6 Å². The number of nitrogens with zero attached hydrogens (tertiary/aromatic N) is 4. The minimum Gasteiger partial charge on any atom is -0.490 e. The molecule has 0 radical (unpaired) electrons. The smallest absolute Gasteiger partial charge is 0.286 e. The van der Waals surface area contributed by atoms with Crippen molar-refractivity contribution in [2.45, 2.75) is 63.1 Å². The maximum absolute atomic E-state index is 14.9. The first-order chi connectivity index (χ1) is 25.8. The Morgan fingerprint density at radius 1 is 1.15 bits per heavy atom. The zero-order valence-electron chi connectivity index (χ0n) is 31.8. The summed E-state index contributed by atoms with van der Waals surface area (Å²) in [5.74, 6) is -0.803. The standard InChI is InChI=1S/C40H50ClN5O7S/c1-25-22-54(49,44-37(48)31-21-45(3)42-38(31)51-5)43-36(47)27-10-14-35-33(19-27)46(20-28-9-12-30(28)34(50-4)15-17-39(25,2)52-6)23-40(24-53-35)16-7-8-26-18-29(41)11-13-32(26)40/h10-11,13-15,17-19,21,25,28,30,34H,7-9,12,16,20,22-24H2,1-6H3,(H,43,44,47,48,49)/b17-15+/t25-,28+,30-,34+,39+,40+,54+/m1/s1. The first-order valence-electron chi connectivity index (χ1n) is 18.6. The van der Waals surface area contributed by atoms with Crippen molar-refractivity contribution in [3.63, 3.8) is 0 Å². The molecule has 3 heterocycles. The van der Waals surface area contributed by atoms with E-state index in [2.05, 4.69) is 31.2 Å². The lowest BCUT2D eigenvalue weighted by molar-refractivity contribution is -0.0000283. The molecule has 290 valence electrons. The minimum absolute atomic E-state index is 0.0578. The van der Waals surface area contributed by atoms with Crippen LogP contribution in [-0.2, 0) is 38.3 Å². The van der Waals surface area contributed by atoms with Crippen LogP contribution in [0.25, 0.3) is 0 Å². The number of aromatic nitrogens is 2. The second-order valence-corrected chi connectivity index (χ2v) is 17.9. The first-order valence-corrected chi connectivity index (χ1v) is 20.6. The van der Waals surface area contributed by atoms with E-state index in [1.807, 2.05) is 38.1 Å². The van der Waals surface area contributed by atoms with Crippen molar-refractivity contribution in [3.05, 3.63) is 82.0 Å². The molecular weight excluding hydrogens is 730 g/mol. The predicted molar refractivity (Wildman–Crippen MR) is 208 cm³/mol. The number of nitrogens with one attached hydrogen (secondary N) is 1. The van der Waals surface area contributed by atoms with Gasteiger partial charge in [-0.15, -0.1) is 9.46 Å². The number of anilines is 1. The Labute approximate surface area is 322 Å². The third-order valence-corrected chi connectivity index (χ3v) is 14.3. The van der Waals surface area contributed by atoms with E-state index in [1.54, 1.807) is 33.4 Å². The van der Waals surface area contributed by atoms with Gasteiger partial charge >= 0.3 is 0 Å². The van der Waals surface area contributed by atoms with Crippen molar-refractivity contribution in [1.29, 1.82) is 0 Å². The second-order valence-electron chi connectivity index (χ2n) is 15.5. The van der Waals surface area contributed by atoms with Crippen LogP contribution in [0, 0.1) is 17.8 Å². The van der Waals surface area contributed by atoms with E-state index in [-0.39, 0.29) is 40.2 Å². The van der Waals surface area contributed by atoms with E-state index in [4.69, 9.17) is 30.5 Å². The number of fused-ring (bicyclic) bond motifs is 4. The monoisotopic (exact) mass is 779 g/mol. The molecule has 4 aliphatic rings. The summed E-state index contributed by atoms with van der Waals surface area (Å²) in [5, 5.41) is 4.89. The van der Waals surface area contributed by atoms with Crippen molar-refractivity contribution in [3.8, 4) is 11.6 Å². The van der Waals surface area contributed by atoms with Gasteiger partial charge in [-0.1, -0.05) is 36.7 Å². The molecule has 1 aromatic heterocycles. The van der Waals surface area contributed by atoms with E-state index in [1.165, 1.54) is 29.1 Å². The maximum Gasteiger partial charge on any atom is 0.286 e. The number of carbonyl (C=O) groups is 2. The zero-order chi connectivity index (χ0) is 38.4. The molecule has 2 aromatic carbocycles. The molecule has 0 unspecified atom stereocenters. The van der Waals surface area contributed by atoms with Gasteiger partial charge in [-0.05, 0) is 92.3 Å². The largest absolute Gasteiger partial charge is 0.490 e. The zero-order valence-corrected chi connectivity index (χ0v) is 33.4. The van der Waals surface area contributed by atoms with Crippen molar-refractivity contribution < 1.29 is 32.7 Å². The lowest BCUT2D eigenvalue weighted by Gasteiger charge is -2.46. The van der Waals surface area contributed by atoms with Gasteiger partial charge in [0.25, 0.3) is 11.8 Å². The summed E-state index contributed by atoms with van der Waals surface area (Å²) in [5.41, 5.74) is 2.35. The summed E-state index contributed by atoms with van der Waals surface area (Å²) < 4.78 is 47.4. The average molecular weight is 780 g/mol. The van der Waals surface area contributed by atoms with E-state index < -0.39 is 33.2 Å². The quantitative estimate of drug-likeness (QED) is 0.303. The molecule has 2 amide bonds. The van der Waals surface area contributed by atoms with Gasteiger partial charge in [0.15, 0.2) is 0 Å². The van der Waals surface area contributed by atoms with Crippen LogP contribution >= 0.6 is 11.6 Å². The highest BCUT2D eigenvalue weighted by molar-refractivity contribution is 7.92. The summed E-state index contributed by atoms with van der Waals surface area (Å²) in [6.45, 7) is 5.65. The molecular formula is C40H50ClN5O7S. The molecule has 3 aromatic rings. The van der Waals surface area contributed by atoms with Gasteiger partial charge in [0.05, 0.1) is 36.9 Å². The van der Waals surface area contributed by atoms with Crippen LogP contribution < -0.4 is 19.1 Å². The molecule has 0 saturated heterocycles. The van der Waals surface area contributed by atoms with Crippen LogP contribution in [0.3, 0.4) is 0 Å². The number of aryl methyl sites for hydroxylation is 2. The van der Waals surface area contributed by atoms with Gasteiger partial charge < -0.3 is 23.8 Å². The van der Waals surface area contributed by atoms with Crippen LogP contribution in [0.1, 0.15) is 71.4 Å². The van der Waals surface area contributed by atoms with E-state index in [0.717, 1.165) is 49.4 Å². The Bertz CT molecular complexity index is 2100. The highest BCUT2D eigenvalue weighted by Crippen LogP contribution is 2.47. The number of hydrogen-bond donors (Lipinski definition) is 1. The normalized spacial score (nSPS) is 31.5. The molecule has 1 saturated carbocycles. The number of hydrogen-bond acceptors (Lipinski definition) is 9. The molecule has 7 rings (SSSR count). The van der Waals surface area contributed by atoms with Gasteiger partial charge in [0, 0.05) is 62.5 Å². The second kappa shape index (κ2) is 15.0. The maximum atomic E-state index is 14.9. The fourth-order valence-corrected chi connectivity index (χ4v) is 10.8. The number of benzene rings is 2. The topological polar surface area (TPSA) is 134 Å². The first kappa shape index (κ1) is 38.4. The molecule has 1 spiro atoms. The summed E-state index contributed by atoms with van der Waals surface area (Å²) in [6, 6.07) is 11.5. The molecule has 2 aliphatic carbocycles. The Morgan fingerprint density at radius 3 is 2.69 bits per heavy atom. The van der Waals surface area contributed by atoms with Crippen LogP contribution in [0.4, 0.5) is 5.69 Å². The van der Waals surface area contributed by atoms with Crippen LogP contribution in [-0.4, -0.2) is 84.3 Å². The number of ether oxygens (including phenoxy) is 4. The number of rotatable bonds is 5. The molecule has 1 fully saturated rings. The Morgan fingerprint density at radius 2 is 1.96 bits per heavy atom. The number of amides is 2. The Hall–Kier alpha value is -3.91. The summed E-state index contributed by atoms with van der Waals surface area (Å²) in [4.78, 5) is 30.3. The molecule has 1 N–H and O–H groups in total. The third kappa shape index (κ3) is 7.27. The van der Waals surface area contributed by atoms with Crippen LogP contribution in [0.2, 0.25) is 5.02 Å². The summed E-state index contributed by atoms with van der Waals surface area (Å²) in [7, 11) is 2.61. The van der Waals surface area contributed by atoms with Gasteiger partial charge in [-0.2, -0.15) is 0 Å². The minimum atomic E-state index is -3.75. The predicted octanol–water partition coefficient (Wildman–Crippen LogP) is 6.16. The lowest BCUT2D eigenvalue weighted by Crippen LogP contribution is -2.49. The fourth-order valence-electron chi connectivity index (χ4n) is 8.67. The molecule has 7 atom stereocenters. The van der Waals surface area contributed by atoms with Gasteiger partial charge in [0.1, 0.15) is 21.2 Å². The SMILES string of the molecule is COc1nn(C)cc1C(=O)N[S@@]1(=O)=NC(=O)c2ccc3c(c2)N(C[C@@H]2CC[C@H]2[C@@H](OC)/C=C/[C@](C)(OC)[C@H](C)C1)C[C@@]1(CCCc2cc(Cl)ccc21)CO3. The van der Waals surface area contributed by atoms with E-state index in [0.29, 0.717) is 24.8 Å². The van der Waals surface area contributed by atoms with Crippen molar-refractivity contribution in [1.82, 2.24) is 14.5 Å². The molecule has 12 nitrogen and oxygen atoms in total. The lowest BCUT2D eigenvalue weighted by atomic mass is 9.68. The number of carbonyl (C=O) groups excluding carboxylic acids is 2. The number of methoxy groups -OCH3 is 3. The molecule has 2 bridgehead atoms. The Kier molecular flexibility index (Phi) is 10.6. The number of halogens is 1. The average Bonchev–Trinajstić information content (AvgIpc) is 3.46. The van der Waals surface area contributed by atoms with E-state index >= 15 is 0 Å². The van der Waals surface area contributed by atoms with Gasteiger partial charge in [-0.3, -0.25) is 19.0 Å². The fraction of sp³-hybridized carbons (Fsp3) is 0.525. The highest BCUT2D eigenvalue weighted by atomic mass is 35.5. The third-order valence-electron chi connectivity index (χ3n) is 12.1. The molecule has 14 heteroatoms. The van der Waals surface area contributed by atoms with Crippen LogP contribution in [0.15, 0.2) is 59.1 Å². The summed E-state index contributed by atoms with van der Waals surface area (Å²) >= 11 is 6.47. The van der Waals surface area contributed by atoms with E-state index in [9.17, 15) is 13.8 Å². The van der Waals surface area contributed by atoms with Gasteiger partial charge in [0.2, 0.25) is 5.88 Å². The van der Waals surface area contributed by atoms with Crippen molar-refractivity contribution in [2.75, 3.05) is 51.7 Å². The van der Waals surface area contributed by atoms with Crippen molar-refractivity contribution in [2.24, 2.45) is 29.2 Å². The summed E-state index contributed by atoms with van der Waals surface area (Å²) in [6.07, 6.45) is 10.2. The molecule has 2 aliphatic heterocycles. The Balaban J connectivity index is 1.34.